The second kappa shape index (κ2) is 6.29. The fourth-order valence-electron chi connectivity index (χ4n) is 1.52. The minimum absolute atomic E-state index is 0.192. The third-order valence-electron chi connectivity index (χ3n) is 2.76. The molecule has 102 valence electrons. The van der Waals surface area contributed by atoms with E-state index in [4.69, 9.17) is 10.5 Å². The maximum Gasteiger partial charge on any atom is 0.240 e. The van der Waals surface area contributed by atoms with Crippen LogP contribution in [-0.4, -0.2) is 34.7 Å². The van der Waals surface area contributed by atoms with E-state index in [-0.39, 0.29) is 18.0 Å². The molecule has 6 heteroatoms. The Hall–Kier alpha value is -0.950. The van der Waals surface area contributed by atoms with Crippen LogP contribution in [-0.2, 0) is 14.8 Å². The van der Waals surface area contributed by atoms with E-state index in [0.29, 0.717) is 0 Å². The van der Waals surface area contributed by atoms with Crippen molar-refractivity contribution in [2.45, 2.75) is 24.8 Å². The van der Waals surface area contributed by atoms with Crippen molar-refractivity contribution < 1.29 is 13.2 Å². The normalized spacial score (nSPS) is 13.6. The monoisotopic (exact) mass is 272 g/mol. The van der Waals surface area contributed by atoms with Crippen molar-refractivity contribution in [2.75, 3.05) is 20.3 Å². The molecule has 5 nitrogen and oxygen atoms in total. The largest absolute Gasteiger partial charge is 0.383 e. The molecule has 0 radical (unpaired) electrons. The van der Waals surface area contributed by atoms with Crippen LogP contribution in [0.2, 0.25) is 0 Å². The van der Waals surface area contributed by atoms with Gasteiger partial charge >= 0.3 is 0 Å². The van der Waals surface area contributed by atoms with Crippen molar-refractivity contribution >= 4 is 10.0 Å². The fourth-order valence-corrected chi connectivity index (χ4v) is 2.84. The van der Waals surface area contributed by atoms with E-state index >= 15 is 0 Å². The molecule has 1 aromatic carbocycles. The average molecular weight is 272 g/mol. The number of nitrogens with one attached hydrogen (secondary N) is 1. The lowest BCUT2D eigenvalue weighted by atomic mass is 10.1. The van der Waals surface area contributed by atoms with Gasteiger partial charge in [0, 0.05) is 13.7 Å². The lowest BCUT2D eigenvalue weighted by molar-refractivity contribution is 0.177. The molecule has 0 saturated carbocycles. The van der Waals surface area contributed by atoms with Gasteiger partial charge in [0.25, 0.3) is 0 Å². The second-order valence-electron chi connectivity index (χ2n) is 4.26. The third kappa shape index (κ3) is 3.78. The Morgan fingerprint density at radius 3 is 2.50 bits per heavy atom. The molecular formula is C12H20N2O3S. The molecule has 0 spiro atoms. The van der Waals surface area contributed by atoms with E-state index in [9.17, 15) is 8.42 Å². The SMILES string of the molecule is COCC(CN)NS(=O)(=O)c1ccc(C)c(C)c1. The topological polar surface area (TPSA) is 81.4 Å². The van der Waals surface area contributed by atoms with Gasteiger partial charge in [0.05, 0.1) is 17.5 Å². The zero-order valence-corrected chi connectivity index (χ0v) is 11.8. The predicted molar refractivity (Wildman–Crippen MR) is 71.0 cm³/mol. The van der Waals surface area contributed by atoms with E-state index < -0.39 is 16.1 Å². The first kappa shape index (κ1) is 15.1. The molecule has 18 heavy (non-hydrogen) atoms. The van der Waals surface area contributed by atoms with Crippen LogP contribution in [0.4, 0.5) is 0 Å². The molecule has 0 aliphatic heterocycles. The molecule has 1 unspecified atom stereocenters. The molecule has 0 aliphatic rings. The Morgan fingerprint density at radius 1 is 1.33 bits per heavy atom. The van der Waals surface area contributed by atoms with Crippen molar-refractivity contribution in [3.8, 4) is 0 Å². The summed E-state index contributed by atoms with van der Waals surface area (Å²) >= 11 is 0. The fraction of sp³-hybridized carbons (Fsp3) is 0.500. The van der Waals surface area contributed by atoms with E-state index in [1.165, 1.54) is 7.11 Å². The van der Waals surface area contributed by atoms with Crippen molar-refractivity contribution in [1.82, 2.24) is 4.72 Å². The first-order valence-corrected chi connectivity index (χ1v) is 7.17. The molecule has 0 bridgehead atoms. The molecule has 0 aliphatic carbocycles. The lowest BCUT2D eigenvalue weighted by Gasteiger charge is -2.16. The third-order valence-corrected chi connectivity index (χ3v) is 4.28. The highest BCUT2D eigenvalue weighted by Gasteiger charge is 2.19. The molecule has 0 fully saturated rings. The molecule has 0 amide bonds. The van der Waals surface area contributed by atoms with Crippen LogP contribution in [0.5, 0.6) is 0 Å². The van der Waals surface area contributed by atoms with Gasteiger partial charge in [-0.15, -0.1) is 0 Å². The number of ether oxygens (including phenoxy) is 1. The zero-order valence-electron chi connectivity index (χ0n) is 10.9. The van der Waals surface area contributed by atoms with Gasteiger partial charge in [0.15, 0.2) is 0 Å². The van der Waals surface area contributed by atoms with Gasteiger partial charge in [-0.2, -0.15) is 0 Å². The van der Waals surface area contributed by atoms with Gasteiger partial charge in [0.2, 0.25) is 10.0 Å². The Morgan fingerprint density at radius 2 is 2.00 bits per heavy atom. The van der Waals surface area contributed by atoms with Gasteiger partial charge in [-0.25, -0.2) is 13.1 Å². The summed E-state index contributed by atoms with van der Waals surface area (Å²) in [6, 6.07) is 4.61. The highest BCUT2D eigenvalue weighted by molar-refractivity contribution is 7.89. The van der Waals surface area contributed by atoms with Crippen LogP contribution in [0.1, 0.15) is 11.1 Å². The molecule has 1 rings (SSSR count). The van der Waals surface area contributed by atoms with E-state index in [2.05, 4.69) is 4.72 Å². The summed E-state index contributed by atoms with van der Waals surface area (Å²) in [5.74, 6) is 0. The standard InChI is InChI=1S/C12H20N2O3S/c1-9-4-5-12(6-10(9)2)18(15,16)14-11(7-13)8-17-3/h4-6,11,14H,7-8,13H2,1-3H3. The number of rotatable bonds is 6. The molecule has 0 heterocycles. The van der Waals surface area contributed by atoms with Crippen LogP contribution < -0.4 is 10.5 Å². The minimum atomic E-state index is -3.54. The minimum Gasteiger partial charge on any atom is -0.383 e. The van der Waals surface area contributed by atoms with E-state index in [0.717, 1.165) is 11.1 Å². The highest BCUT2D eigenvalue weighted by atomic mass is 32.2. The first-order valence-electron chi connectivity index (χ1n) is 5.69. The summed E-state index contributed by atoms with van der Waals surface area (Å²) in [7, 11) is -2.04. The molecule has 1 atom stereocenters. The van der Waals surface area contributed by atoms with Gasteiger partial charge in [-0.3, -0.25) is 0 Å². The van der Waals surface area contributed by atoms with Crippen LogP contribution in [0.3, 0.4) is 0 Å². The Balaban J connectivity index is 2.95. The number of nitrogens with two attached hydrogens (primary N) is 1. The number of sulfonamides is 1. The number of aryl methyl sites for hydroxylation is 2. The van der Waals surface area contributed by atoms with E-state index in [1.54, 1.807) is 18.2 Å². The maximum atomic E-state index is 12.1. The van der Waals surface area contributed by atoms with Crippen LogP contribution in [0.15, 0.2) is 23.1 Å². The lowest BCUT2D eigenvalue weighted by Crippen LogP contribution is -2.43. The van der Waals surface area contributed by atoms with Gasteiger partial charge in [0.1, 0.15) is 0 Å². The Kier molecular flexibility index (Phi) is 5.28. The maximum absolute atomic E-state index is 12.1. The quantitative estimate of drug-likeness (QED) is 0.792. The van der Waals surface area contributed by atoms with Crippen molar-refractivity contribution in [2.24, 2.45) is 5.73 Å². The van der Waals surface area contributed by atoms with Gasteiger partial charge in [-0.05, 0) is 37.1 Å². The number of hydrogen-bond donors (Lipinski definition) is 2. The van der Waals surface area contributed by atoms with Gasteiger partial charge < -0.3 is 10.5 Å². The average Bonchev–Trinajstić information content (AvgIpc) is 2.31. The summed E-state index contributed by atoms with van der Waals surface area (Å²) in [5, 5.41) is 0. The van der Waals surface area contributed by atoms with Crippen LogP contribution in [0, 0.1) is 13.8 Å². The predicted octanol–water partition coefficient (Wildman–Crippen LogP) is 0.555. The molecule has 3 N–H and O–H groups in total. The number of hydrogen-bond acceptors (Lipinski definition) is 4. The molecule has 0 aromatic heterocycles. The summed E-state index contributed by atoms with van der Waals surface area (Å²) in [6.45, 7) is 4.26. The van der Waals surface area contributed by atoms with Gasteiger partial charge in [-0.1, -0.05) is 6.07 Å². The van der Waals surface area contributed by atoms with Crippen molar-refractivity contribution in [1.29, 1.82) is 0 Å². The second-order valence-corrected chi connectivity index (χ2v) is 5.97. The summed E-state index contributed by atoms with van der Waals surface area (Å²) in [5.41, 5.74) is 7.49. The summed E-state index contributed by atoms with van der Waals surface area (Å²) < 4.78 is 31.7. The van der Waals surface area contributed by atoms with Crippen molar-refractivity contribution in [3.05, 3.63) is 29.3 Å². The number of benzene rings is 1. The highest BCUT2D eigenvalue weighted by Crippen LogP contribution is 2.14. The molecular weight excluding hydrogens is 252 g/mol. The smallest absolute Gasteiger partial charge is 0.240 e. The zero-order chi connectivity index (χ0) is 13.8. The Labute approximate surface area is 108 Å². The van der Waals surface area contributed by atoms with Crippen LogP contribution in [0.25, 0.3) is 0 Å². The molecule has 0 saturated heterocycles. The van der Waals surface area contributed by atoms with Crippen molar-refractivity contribution in [3.63, 3.8) is 0 Å². The first-order chi connectivity index (χ1) is 8.40. The van der Waals surface area contributed by atoms with E-state index in [1.807, 2.05) is 13.8 Å². The molecule has 1 aromatic rings. The summed E-state index contributed by atoms with van der Waals surface area (Å²) in [4.78, 5) is 0.250. The van der Waals surface area contributed by atoms with Crippen LogP contribution >= 0.6 is 0 Å². The summed E-state index contributed by atoms with van der Waals surface area (Å²) in [6.07, 6.45) is 0. The number of methoxy groups -OCH3 is 1. The Bertz CT molecular complexity index is 500.